The van der Waals surface area contributed by atoms with Gasteiger partial charge in [0.1, 0.15) is 5.69 Å². The Bertz CT molecular complexity index is 737. The lowest BCUT2D eigenvalue weighted by Crippen LogP contribution is -2.33. The first-order valence-electron chi connectivity index (χ1n) is 7.90. The van der Waals surface area contributed by atoms with Crippen LogP contribution < -0.4 is 0 Å². The number of aromatic nitrogens is 4. The Morgan fingerprint density at radius 3 is 2.50 bits per heavy atom. The van der Waals surface area contributed by atoms with Crippen LogP contribution in [0.4, 0.5) is 0 Å². The highest BCUT2D eigenvalue weighted by Crippen LogP contribution is 2.21. The largest absolute Gasteiger partial charge is 0.339 e. The van der Waals surface area contributed by atoms with Gasteiger partial charge in [0, 0.05) is 19.8 Å². The van der Waals surface area contributed by atoms with Crippen LogP contribution in [0.3, 0.4) is 0 Å². The van der Waals surface area contributed by atoms with Crippen LogP contribution in [-0.4, -0.2) is 37.4 Å². The van der Waals surface area contributed by atoms with Gasteiger partial charge in [-0.05, 0) is 20.8 Å². The van der Waals surface area contributed by atoms with Crippen LogP contribution in [0.5, 0.6) is 0 Å². The fourth-order valence-corrected chi connectivity index (χ4v) is 2.92. The molecule has 6 nitrogen and oxygen atoms in total. The van der Waals surface area contributed by atoms with Gasteiger partial charge in [0.15, 0.2) is 0 Å². The van der Waals surface area contributed by atoms with Crippen molar-refractivity contribution in [3.05, 3.63) is 33.3 Å². The van der Waals surface area contributed by atoms with Crippen molar-refractivity contribution in [1.29, 1.82) is 0 Å². The van der Waals surface area contributed by atoms with Gasteiger partial charge in [-0.3, -0.25) is 14.2 Å². The molecule has 1 amide bonds. The molecule has 8 heteroatoms. The highest BCUT2D eigenvalue weighted by molar-refractivity contribution is 6.31. The third-order valence-electron chi connectivity index (χ3n) is 4.04. The van der Waals surface area contributed by atoms with Crippen molar-refractivity contribution in [2.45, 2.75) is 47.3 Å². The lowest BCUT2D eigenvalue weighted by Gasteiger charge is -2.21. The van der Waals surface area contributed by atoms with Gasteiger partial charge in [-0.1, -0.05) is 30.1 Å². The van der Waals surface area contributed by atoms with Gasteiger partial charge >= 0.3 is 0 Å². The smallest absolute Gasteiger partial charge is 0.227 e. The molecule has 0 aliphatic heterocycles. The molecule has 2 aromatic rings. The number of amides is 1. The second-order valence-electron chi connectivity index (χ2n) is 6.04. The molecule has 1 unspecified atom stereocenters. The number of carbonyl (C=O) groups is 1. The van der Waals surface area contributed by atoms with Crippen LogP contribution in [0.1, 0.15) is 30.9 Å². The molecule has 2 heterocycles. The number of nitrogens with zero attached hydrogens (tertiary/aromatic N) is 5. The number of halogens is 2. The van der Waals surface area contributed by atoms with Gasteiger partial charge < -0.3 is 4.90 Å². The van der Waals surface area contributed by atoms with E-state index in [-0.39, 0.29) is 11.8 Å². The van der Waals surface area contributed by atoms with Crippen molar-refractivity contribution in [1.82, 2.24) is 24.5 Å². The van der Waals surface area contributed by atoms with E-state index >= 15 is 0 Å². The Morgan fingerprint density at radius 2 is 2.00 bits per heavy atom. The Kier molecular flexibility index (Phi) is 5.93. The summed E-state index contributed by atoms with van der Waals surface area (Å²) in [5.74, 6) is -0.211. The van der Waals surface area contributed by atoms with Gasteiger partial charge in [0.05, 0.1) is 40.4 Å². The van der Waals surface area contributed by atoms with Gasteiger partial charge in [0.2, 0.25) is 5.91 Å². The van der Waals surface area contributed by atoms with Crippen LogP contribution in [0, 0.1) is 19.8 Å². The molecule has 0 aromatic carbocycles. The second-order valence-corrected chi connectivity index (χ2v) is 6.83. The molecular formula is C16H23Cl2N5O. The minimum atomic E-state index is -0.226. The minimum Gasteiger partial charge on any atom is -0.339 e. The summed E-state index contributed by atoms with van der Waals surface area (Å²) in [5, 5.41) is 9.99. The van der Waals surface area contributed by atoms with E-state index < -0.39 is 0 Å². The van der Waals surface area contributed by atoms with E-state index in [0.717, 1.165) is 17.9 Å². The van der Waals surface area contributed by atoms with Crippen molar-refractivity contribution in [2.24, 2.45) is 5.92 Å². The zero-order valence-corrected chi connectivity index (χ0v) is 16.2. The number of hydrogen-bond donors (Lipinski definition) is 0. The molecular weight excluding hydrogens is 349 g/mol. The van der Waals surface area contributed by atoms with Crippen LogP contribution in [0.25, 0.3) is 0 Å². The van der Waals surface area contributed by atoms with E-state index in [9.17, 15) is 4.79 Å². The van der Waals surface area contributed by atoms with E-state index in [4.69, 9.17) is 23.2 Å². The van der Waals surface area contributed by atoms with Crippen LogP contribution in [0.2, 0.25) is 10.0 Å². The molecule has 0 radical (unpaired) electrons. The van der Waals surface area contributed by atoms with Crippen molar-refractivity contribution in [2.75, 3.05) is 7.05 Å². The quantitative estimate of drug-likeness (QED) is 0.782. The summed E-state index contributed by atoms with van der Waals surface area (Å²) >= 11 is 12.3. The normalized spacial score (nSPS) is 12.5. The maximum atomic E-state index is 12.6. The Morgan fingerprint density at radius 1 is 1.33 bits per heavy atom. The first-order valence-corrected chi connectivity index (χ1v) is 8.66. The highest BCUT2D eigenvalue weighted by Gasteiger charge is 2.22. The monoisotopic (exact) mass is 371 g/mol. The van der Waals surface area contributed by atoms with Crippen molar-refractivity contribution in [3.63, 3.8) is 0 Å². The lowest BCUT2D eigenvalue weighted by molar-refractivity contribution is -0.134. The summed E-state index contributed by atoms with van der Waals surface area (Å²) in [5.41, 5.74) is 2.36. The SMILES string of the molecule is CCn1cc(Cl)c(CN(C)C(=O)C(C)Cn2nc(C)c(Cl)c2C)n1. The number of hydrogen-bond acceptors (Lipinski definition) is 3. The molecule has 24 heavy (non-hydrogen) atoms. The van der Waals surface area contributed by atoms with Crippen LogP contribution in [0.15, 0.2) is 6.20 Å². The molecule has 0 N–H and O–H groups in total. The number of carbonyl (C=O) groups excluding carboxylic acids is 1. The Hall–Kier alpha value is -1.53. The summed E-state index contributed by atoms with van der Waals surface area (Å²) in [7, 11) is 1.76. The summed E-state index contributed by atoms with van der Waals surface area (Å²) in [6, 6.07) is 0. The molecule has 0 saturated heterocycles. The molecule has 1 atom stereocenters. The fraction of sp³-hybridized carbons (Fsp3) is 0.562. The van der Waals surface area contributed by atoms with E-state index in [0.29, 0.717) is 28.8 Å². The van der Waals surface area contributed by atoms with E-state index in [1.165, 1.54) is 0 Å². The molecule has 0 aliphatic rings. The maximum absolute atomic E-state index is 12.6. The average Bonchev–Trinajstić information content (AvgIpc) is 3.01. The summed E-state index contributed by atoms with van der Waals surface area (Å²) < 4.78 is 3.55. The predicted octanol–water partition coefficient (Wildman–Crippen LogP) is 3.32. The third kappa shape index (κ3) is 3.92. The highest BCUT2D eigenvalue weighted by atomic mass is 35.5. The third-order valence-corrected chi connectivity index (χ3v) is 4.90. The number of aryl methyl sites for hydroxylation is 2. The zero-order valence-electron chi connectivity index (χ0n) is 14.7. The van der Waals surface area contributed by atoms with Gasteiger partial charge in [-0.15, -0.1) is 0 Å². The fourth-order valence-electron chi connectivity index (χ4n) is 2.58. The van der Waals surface area contributed by atoms with E-state index in [1.54, 1.807) is 27.5 Å². The second kappa shape index (κ2) is 7.57. The first-order chi connectivity index (χ1) is 11.2. The lowest BCUT2D eigenvalue weighted by atomic mass is 10.1. The van der Waals surface area contributed by atoms with Crippen LogP contribution >= 0.6 is 23.2 Å². The zero-order chi connectivity index (χ0) is 18.0. The predicted molar refractivity (Wildman–Crippen MR) is 95.3 cm³/mol. The summed E-state index contributed by atoms with van der Waals surface area (Å²) in [6.07, 6.45) is 1.77. The molecule has 0 bridgehead atoms. The van der Waals surface area contributed by atoms with Gasteiger partial charge in [0.25, 0.3) is 0 Å². The van der Waals surface area contributed by atoms with Gasteiger partial charge in [-0.2, -0.15) is 10.2 Å². The average molecular weight is 372 g/mol. The molecule has 0 fully saturated rings. The Balaban J connectivity index is 2.03. The summed E-state index contributed by atoms with van der Waals surface area (Å²) in [4.78, 5) is 14.3. The maximum Gasteiger partial charge on any atom is 0.227 e. The summed E-state index contributed by atoms with van der Waals surface area (Å²) in [6.45, 7) is 9.25. The van der Waals surface area contributed by atoms with E-state index in [1.807, 2.05) is 27.7 Å². The van der Waals surface area contributed by atoms with E-state index in [2.05, 4.69) is 10.2 Å². The molecule has 2 aromatic heterocycles. The Labute approximate surface area is 152 Å². The molecule has 0 spiro atoms. The molecule has 2 rings (SSSR count). The van der Waals surface area contributed by atoms with Crippen molar-refractivity contribution < 1.29 is 4.79 Å². The van der Waals surface area contributed by atoms with Crippen LogP contribution in [-0.2, 0) is 24.4 Å². The minimum absolute atomic E-state index is 0.0146. The van der Waals surface area contributed by atoms with Crippen molar-refractivity contribution in [3.8, 4) is 0 Å². The standard InChI is InChI=1S/C16H23Cl2N5O/c1-6-22-8-13(17)14(20-22)9-21(5)16(24)10(2)7-23-12(4)15(18)11(3)19-23/h8,10H,6-7,9H2,1-5H3. The molecule has 0 saturated carbocycles. The number of rotatable bonds is 6. The molecule has 132 valence electrons. The molecule has 0 aliphatic carbocycles. The first kappa shape index (κ1) is 18.8. The van der Waals surface area contributed by atoms with Crippen molar-refractivity contribution >= 4 is 29.1 Å². The van der Waals surface area contributed by atoms with Gasteiger partial charge in [-0.25, -0.2) is 0 Å². The topological polar surface area (TPSA) is 56.0 Å².